The van der Waals surface area contributed by atoms with E-state index in [1.165, 1.54) is 25.6 Å². The van der Waals surface area contributed by atoms with Crippen LogP contribution < -0.4 is 10.6 Å². The Morgan fingerprint density at radius 2 is 2.09 bits per heavy atom. The van der Waals surface area contributed by atoms with Crippen molar-refractivity contribution in [1.82, 2.24) is 5.32 Å². The lowest BCUT2D eigenvalue weighted by Crippen LogP contribution is -2.41. The summed E-state index contributed by atoms with van der Waals surface area (Å²) < 4.78 is 5.01. The zero-order valence-corrected chi connectivity index (χ0v) is 20.0. The van der Waals surface area contributed by atoms with Crippen LogP contribution in [0.15, 0.2) is 29.3 Å². The number of amides is 1. The van der Waals surface area contributed by atoms with Gasteiger partial charge in [0.2, 0.25) is 5.91 Å². The largest absolute Gasteiger partial charge is 0.477 e. The van der Waals surface area contributed by atoms with Crippen molar-refractivity contribution in [3.8, 4) is 0 Å². The SMILES string of the molecule is CC(=O)c1cccc(NC(=O)[C@@H]2C[C@H](SC3C(C(=O)O)=N[C@@H]([C@H](OC=O)[C@@H](C)O)[C@H]3C)CN2)c1. The molecule has 7 atom stereocenters. The number of Topliss-reactive ketones (excluding diaryl/α,β-unsaturated/α-hetero) is 1. The van der Waals surface area contributed by atoms with Gasteiger partial charge in [0.15, 0.2) is 5.78 Å². The average molecular weight is 492 g/mol. The van der Waals surface area contributed by atoms with E-state index < -0.39 is 35.5 Å². The lowest BCUT2D eigenvalue weighted by molar-refractivity contribution is -0.141. The molecule has 0 aromatic heterocycles. The van der Waals surface area contributed by atoms with Gasteiger partial charge >= 0.3 is 5.97 Å². The maximum absolute atomic E-state index is 12.7. The molecule has 2 aliphatic heterocycles. The summed E-state index contributed by atoms with van der Waals surface area (Å²) in [4.78, 5) is 51.3. The molecule has 11 heteroatoms. The summed E-state index contributed by atoms with van der Waals surface area (Å²) in [7, 11) is 0. The van der Waals surface area contributed by atoms with E-state index >= 15 is 0 Å². The number of carboxylic acids is 1. The van der Waals surface area contributed by atoms with Crippen LogP contribution in [0, 0.1) is 5.92 Å². The summed E-state index contributed by atoms with van der Waals surface area (Å²) in [5, 5.41) is 25.1. The van der Waals surface area contributed by atoms with Crippen molar-refractivity contribution in [3.63, 3.8) is 0 Å². The Labute approximate surface area is 201 Å². The van der Waals surface area contributed by atoms with E-state index in [0.717, 1.165) is 0 Å². The third-order valence-electron chi connectivity index (χ3n) is 6.10. The Balaban J connectivity index is 1.64. The average Bonchev–Trinajstić information content (AvgIpc) is 3.38. The third-order valence-corrected chi connectivity index (χ3v) is 7.79. The lowest BCUT2D eigenvalue weighted by Gasteiger charge is -2.28. The number of aliphatic imine (C=N–C) groups is 1. The van der Waals surface area contributed by atoms with Gasteiger partial charge in [-0.3, -0.25) is 19.4 Å². The van der Waals surface area contributed by atoms with Crippen LogP contribution in [0.5, 0.6) is 0 Å². The second-order valence-electron chi connectivity index (χ2n) is 8.61. The van der Waals surface area contributed by atoms with Gasteiger partial charge in [-0.25, -0.2) is 4.79 Å². The molecule has 0 radical (unpaired) electrons. The molecule has 184 valence electrons. The molecule has 0 bridgehead atoms. The predicted molar refractivity (Wildman–Crippen MR) is 127 cm³/mol. The number of carboxylic acid groups (broad SMARTS) is 1. The Kier molecular flexibility index (Phi) is 8.45. The first-order valence-electron chi connectivity index (χ1n) is 11.0. The number of rotatable bonds is 10. The van der Waals surface area contributed by atoms with Crippen molar-refractivity contribution in [2.24, 2.45) is 10.9 Å². The van der Waals surface area contributed by atoms with Crippen LogP contribution in [-0.2, 0) is 19.1 Å². The molecule has 1 amide bonds. The van der Waals surface area contributed by atoms with Gasteiger partial charge in [-0.05, 0) is 38.3 Å². The summed E-state index contributed by atoms with van der Waals surface area (Å²) >= 11 is 1.42. The highest BCUT2D eigenvalue weighted by Gasteiger charge is 2.46. The number of anilines is 1. The second kappa shape index (κ2) is 11.1. The van der Waals surface area contributed by atoms with E-state index in [0.29, 0.717) is 24.2 Å². The van der Waals surface area contributed by atoms with Gasteiger partial charge in [-0.15, -0.1) is 11.8 Å². The fourth-order valence-corrected chi connectivity index (χ4v) is 5.93. The third kappa shape index (κ3) is 5.83. The number of hydrogen-bond donors (Lipinski definition) is 4. The quantitative estimate of drug-likeness (QED) is 0.278. The van der Waals surface area contributed by atoms with Crippen LogP contribution in [0.4, 0.5) is 5.69 Å². The Morgan fingerprint density at radius 3 is 2.71 bits per heavy atom. The van der Waals surface area contributed by atoms with Crippen LogP contribution in [0.3, 0.4) is 0 Å². The first-order valence-corrected chi connectivity index (χ1v) is 12.0. The number of hydrogen-bond acceptors (Lipinski definition) is 9. The topological polar surface area (TPSA) is 154 Å². The number of thioether (sulfide) groups is 1. The Hall–Kier alpha value is -2.76. The molecule has 10 nitrogen and oxygen atoms in total. The number of aliphatic carboxylic acids is 1. The normalized spacial score (nSPS) is 28.0. The van der Waals surface area contributed by atoms with Gasteiger partial charge in [-0.2, -0.15) is 0 Å². The molecule has 1 aromatic carbocycles. The number of aliphatic hydroxyl groups excluding tert-OH is 1. The van der Waals surface area contributed by atoms with Gasteiger partial charge in [0.05, 0.1) is 23.4 Å². The number of aliphatic hydroxyl groups is 1. The van der Waals surface area contributed by atoms with Crippen LogP contribution >= 0.6 is 11.8 Å². The van der Waals surface area contributed by atoms with Gasteiger partial charge in [0.1, 0.15) is 11.8 Å². The number of carbonyl (C=O) groups is 4. The summed E-state index contributed by atoms with van der Waals surface area (Å²) in [6.45, 7) is 5.48. The first kappa shape index (κ1) is 25.9. The summed E-state index contributed by atoms with van der Waals surface area (Å²) in [5.41, 5.74) is 1.00. The minimum Gasteiger partial charge on any atom is -0.477 e. The first-order chi connectivity index (χ1) is 16.1. The molecule has 0 saturated carbocycles. The molecule has 2 aliphatic rings. The van der Waals surface area contributed by atoms with E-state index in [1.54, 1.807) is 24.3 Å². The van der Waals surface area contributed by atoms with Crippen molar-refractivity contribution >= 4 is 47.3 Å². The van der Waals surface area contributed by atoms with E-state index in [-0.39, 0.29) is 35.0 Å². The highest BCUT2D eigenvalue weighted by Crippen LogP contribution is 2.38. The molecule has 0 aliphatic carbocycles. The highest BCUT2D eigenvalue weighted by molar-refractivity contribution is 8.01. The van der Waals surface area contributed by atoms with Crippen LogP contribution in [-0.4, -0.2) is 81.4 Å². The Bertz CT molecular complexity index is 983. The minimum absolute atomic E-state index is 0.0309. The summed E-state index contributed by atoms with van der Waals surface area (Å²) in [6.07, 6.45) is -1.48. The van der Waals surface area contributed by atoms with Crippen molar-refractivity contribution in [2.75, 3.05) is 11.9 Å². The smallest absolute Gasteiger partial charge is 0.350 e. The lowest BCUT2D eigenvalue weighted by atomic mass is 9.93. The standard InChI is InChI=1S/C23H29N3O7S/c1-11-18(20(13(3)29)33-10-27)26-19(23(31)32)21(11)34-16-8-17(24-9-16)22(30)25-15-6-4-5-14(7-15)12(2)28/h4-7,10-11,13,16-18,20-21,24,29H,8-9H2,1-3H3,(H,25,30)(H,31,32)/t11-,13-,16+,17+,18-,20-,21?/m1/s1. The van der Waals surface area contributed by atoms with Gasteiger partial charge in [-0.1, -0.05) is 19.1 Å². The summed E-state index contributed by atoms with van der Waals surface area (Å²) in [6, 6.07) is 5.56. The highest BCUT2D eigenvalue weighted by atomic mass is 32.2. The van der Waals surface area contributed by atoms with Crippen LogP contribution in [0.2, 0.25) is 0 Å². The van der Waals surface area contributed by atoms with Crippen molar-refractivity contribution < 1.29 is 34.1 Å². The van der Waals surface area contributed by atoms with Gasteiger partial charge in [0.25, 0.3) is 6.47 Å². The molecule has 1 aromatic rings. The fourth-order valence-electron chi connectivity index (χ4n) is 4.32. The van der Waals surface area contributed by atoms with E-state index in [1.807, 2.05) is 6.92 Å². The van der Waals surface area contributed by atoms with Gasteiger partial charge in [0, 0.05) is 23.0 Å². The van der Waals surface area contributed by atoms with Crippen molar-refractivity contribution in [2.45, 2.75) is 62.0 Å². The maximum atomic E-state index is 12.7. The van der Waals surface area contributed by atoms with Gasteiger partial charge < -0.3 is 25.6 Å². The predicted octanol–water partition coefficient (Wildman–Crippen LogP) is 1.13. The second-order valence-corrected chi connectivity index (χ2v) is 10.1. The molecule has 2 heterocycles. The number of nitrogens with one attached hydrogen (secondary N) is 2. The molecule has 0 spiro atoms. The van der Waals surface area contributed by atoms with Crippen molar-refractivity contribution in [1.29, 1.82) is 0 Å². The molecule has 1 fully saturated rings. The molecule has 34 heavy (non-hydrogen) atoms. The molecular weight excluding hydrogens is 462 g/mol. The van der Waals surface area contributed by atoms with Crippen molar-refractivity contribution in [3.05, 3.63) is 29.8 Å². The molecule has 1 saturated heterocycles. The fraction of sp³-hybridized carbons (Fsp3) is 0.522. The zero-order chi connectivity index (χ0) is 25.0. The number of ether oxygens (including phenoxy) is 1. The molecule has 1 unspecified atom stereocenters. The maximum Gasteiger partial charge on any atom is 0.350 e. The number of carbonyl (C=O) groups excluding carboxylic acids is 3. The van der Waals surface area contributed by atoms with Crippen LogP contribution in [0.25, 0.3) is 0 Å². The zero-order valence-electron chi connectivity index (χ0n) is 19.1. The van der Waals surface area contributed by atoms with E-state index in [2.05, 4.69) is 15.6 Å². The molecular formula is C23H29N3O7S. The number of nitrogens with zero attached hydrogens (tertiary/aromatic N) is 1. The van der Waals surface area contributed by atoms with E-state index in [4.69, 9.17) is 4.74 Å². The van der Waals surface area contributed by atoms with Crippen LogP contribution in [0.1, 0.15) is 37.6 Å². The Morgan fingerprint density at radius 1 is 1.35 bits per heavy atom. The molecule has 3 rings (SSSR count). The summed E-state index contributed by atoms with van der Waals surface area (Å²) in [5.74, 6) is -1.80. The number of benzene rings is 1. The minimum atomic E-state index is -1.16. The van der Waals surface area contributed by atoms with E-state index in [9.17, 15) is 29.4 Å². The molecule has 4 N–H and O–H groups in total. The number of ketones is 1. The monoisotopic (exact) mass is 491 g/mol.